The first-order valence-electron chi connectivity index (χ1n) is 8.50. The van der Waals surface area contributed by atoms with Crippen molar-refractivity contribution in [1.29, 1.82) is 0 Å². The molecular weight excluding hydrogens is 292 g/mol. The van der Waals surface area contributed by atoms with Crippen LogP contribution in [-0.2, 0) is 4.79 Å². The maximum absolute atomic E-state index is 10.5. The number of hydrogen-bond donors (Lipinski definition) is 1. The molecule has 23 heavy (non-hydrogen) atoms. The molecule has 1 aromatic rings. The molecule has 1 aliphatic carbocycles. The monoisotopic (exact) mass is 320 g/mol. The Morgan fingerprint density at radius 1 is 1.22 bits per heavy atom. The van der Waals surface area contributed by atoms with Crippen molar-refractivity contribution in [1.82, 2.24) is 4.90 Å². The van der Waals surface area contributed by atoms with Crippen LogP contribution in [0, 0.1) is 0 Å². The smallest absolute Gasteiger partial charge is 0.211 e. The number of ether oxygens (including phenoxy) is 2. The van der Waals surface area contributed by atoms with Crippen LogP contribution in [0.4, 0.5) is 5.69 Å². The summed E-state index contributed by atoms with van der Waals surface area (Å²) >= 11 is 0. The largest absolute Gasteiger partial charge is 0.493 e. The molecule has 1 amide bonds. The zero-order valence-electron chi connectivity index (χ0n) is 14.4. The Kier molecular flexibility index (Phi) is 6.71. The fourth-order valence-electron chi connectivity index (χ4n) is 3.09. The van der Waals surface area contributed by atoms with Gasteiger partial charge in [0.05, 0.1) is 7.11 Å². The average Bonchev–Trinajstić information content (AvgIpc) is 2.51. The van der Waals surface area contributed by atoms with Gasteiger partial charge in [-0.3, -0.25) is 4.79 Å². The second-order valence-corrected chi connectivity index (χ2v) is 6.03. The Bertz CT molecular complexity index is 495. The van der Waals surface area contributed by atoms with E-state index in [0.717, 1.165) is 18.6 Å². The highest BCUT2D eigenvalue weighted by Crippen LogP contribution is 2.35. The quantitative estimate of drug-likeness (QED) is 0.672. The van der Waals surface area contributed by atoms with Gasteiger partial charge in [-0.1, -0.05) is 13.8 Å². The summed E-state index contributed by atoms with van der Waals surface area (Å²) in [5.41, 5.74) is 0.702. The number of nitrogens with zero attached hydrogens (tertiary/aromatic N) is 1. The number of carbonyl (C=O) groups excluding carboxylic acids is 1. The van der Waals surface area contributed by atoms with Crippen LogP contribution in [0.25, 0.3) is 0 Å². The second kappa shape index (κ2) is 8.77. The number of rotatable bonds is 10. The first kappa shape index (κ1) is 17.6. The predicted octanol–water partition coefficient (Wildman–Crippen LogP) is 3.30. The van der Waals surface area contributed by atoms with Crippen molar-refractivity contribution in [3.63, 3.8) is 0 Å². The van der Waals surface area contributed by atoms with E-state index in [2.05, 4.69) is 24.1 Å². The summed E-state index contributed by atoms with van der Waals surface area (Å²) < 4.78 is 11.4. The van der Waals surface area contributed by atoms with Gasteiger partial charge in [0.2, 0.25) is 6.41 Å². The molecule has 0 radical (unpaired) electrons. The van der Waals surface area contributed by atoms with Crippen LogP contribution in [0.1, 0.15) is 39.5 Å². The van der Waals surface area contributed by atoms with Crippen LogP contribution in [0.5, 0.6) is 11.5 Å². The molecular formula is C18H28N2O3. The molecule has 1 N–H and O–H groups in total. The fourth-order valence-corrected chi connectivity index (χ4v) is 3.09. The van der Waals surface area contributed by atoms with Gasteiger partial charge in [0.1, 0.15) is 6.10 Å². The Labute approximate surface area is 139 Å². The van der Waals surface area contributed by atoms with Gasteiger partial charge in [-0.25, -0.2) is 0 Å². The van der Waals surface area contributed by atoms with Crippen LogP contribution in [-0.4, -0.2) is 43.7 Å². The molecule has 2 rings (SSSR count). The first-order valence-corrected chi connectivity index (χ1v) is 8.50. The van der Waals surface area contributed by atoms with Gasteiger partial charge in [-0.15, -0.1) is 0 Å². The molecule has 0 saturated heterocycles. The highest BCUT2D eigenvalue weighted by atomic mass is 16.5. The highest BCUT2D eigenvalue weighted by Gasteiger charge is 2.34. The van der Waals surface area contributed by atoms with E-state index in [1.165, 1.54) is 25.9 Å². The molecule has 0 aromatic heterocycles. The molecule has 5 nitrogen and oxygen atoms in total. The average molecular weight is 320 g/mol. The predicted molar refractivity (Wildman–Crippen MR) is 92.3 cm³/mol. The van der Waals surface area contributed by atoms with Crippen LogP contribution in [0.15, 0.2) is 18.2 Å². The summed E-state index contributed by atoms with van der Waals surface area (Å²) in [6.45, 7) is 6.80. The van der Waals surface area contributed by atoms with E-state index in [9.17, 15) is 4.79 Å². The SMILES string of the molecule is CCCN(CCC)C1CC(Oc2ccc(NC=O)cc2OC)C1. The minimum atomic E-state index is 0.245. The summed E-state index contributed by atoms with van der Waals surface area (Å²) in [6, 6.07) is 6.10. The standard InChI is InChI=1S/C18H28N2O3/c1-4-8-20(9-5-2)15-11-16(12-15)23-17-7-6-14(19-13-21)10-18(17)22-3/h6-7,10,13,15-16H,4-5,8-9,11-12H2,1-3H3,(H,19,21). The van der Waals surface area contributed by atoms with Gasteiger partial charge in [0.25, 0.3) is 0 Å². The molecule has 1 aromatic carbocycles. The third kappa shape index (κ3) is 4.61. The second-order valence-electron chi connectivity index (χ2n) is 6.03. The molecule has 5 heteroatoms. The summed E-state index contributed by atoms with van der Waals surface area (Å²) in [7, 11) is 1.61. The van der Waals surface area contributed by atoms with Gasteiger partial charge < -0.3 is 19.7 Å². The maximum atomic E-state index is 10.5. The number of methoxy groups -OCH3 is 1. The Morgan fingerprint density at radius 3 is 2.48 bits per heavy atom. The van der Waals surface area contributed by atoms with E-state index in [1.54, 1.807) is 13.2 Å². The first-order chi connectivity index (χ1) is 11.2. The third-order valence-electron chi connectivity index (χ3n) is 4.29. The number of amides is 1. The van der Waals surface area contributed by atoms with E-state index < -0.39 is 0 Å². The minimum Gasteiger partial charge on any atom is -0.493 e. The van der Waals surface area contributed by atoms with Crippen molar-refractivity contribution in [3.05, 3.63) is 18.2 Å². The van der Waals surface area contributed by atoms with Crippen molar-refractivity contribution in [2.24, 2.45) is 0 Å². The lowest BCUT2D eigenvalue weighted by atomic mass is 9.87. The molecule has 1 fully saturated rings. The molecule has 0 spiro atoms. The molecule has 0 atom stereocenters. The lowest BCUT2D eigenvalue weighted by molar-refractivity contribution is -0.105. The Morgan fingerprint density at radius 2 is 1.91 bits per heavy atom. The van der Waals surface area contributed by atoms with E-state index >= 15 is 0 Å². The summed E-state index contributed by atoms with van der Waals surface area (Å²) in [6.07, 6.45) is 5.42. The van der Waals surface area contributed by atoms with Crippen molar-refractivity contribution >= 4 is 12.1 Å². The van der Waals surface area contributed by atoms with Crippen LogP contribution < -0.4 is 14.8 Å². The zero-order chi connectivity index (χ0) is 16.7. The molecule has 128 valence electrons. The van der Waals surface area contributed by atoms with Crippen molar-refractivity contribution < 1.29 is 14.3 Å². The third-order valence-corrected chi connectivity index (χ3v) is 4.29. The van der Waals surface area contributed by atoms with Gasteiger partial charge in [0.15, 0.2) is 11.5 Å². The highest BCUT2D eigenvalue weighted by molar-refractivity contribution is 5.72. The lowest BCUT2D eigenvalue weighted by Crippen LogP contribution is -2.49. The summed E-state index contributed by atoms with van der Waals surface area (Å²) in [4.78, 5) is 13.1. The zero-order valence-corrected chi connectivity index (χ0v) is 14.4. The molecule has 0 heterocycles. The van der Waals surface area contributed by atoms with Gasteiger partial charge in [0, 0.05) is 30.6 Å². The van der Waals surface area contributed by atoms with Crippen LogP contribution >= 0.6 is 0 Å². The number of carbonyl (C=O) groups is 1. The number of benzene rings is 1. The number of hydrogen-bond acceptors (Lipinski definition) is 4. The summed E-state index contributed by atoms with van der Waals surface area (Å²) in [5, 5.41) is 2.62. The van der Waals surface area contributed by atoms with Crippen molar-refractivity contribution in [2.75, 3.05) is 25.5 Å². The molecule has 0 bridgehead atoms. The van der Waals surface area contributed by atoms with Gasteiger partial charge in [-0.05, 0) is 38.1 Å². The van der Waals surface area contributed by atoms with Gasteiger partial charge in [-0.2, -0.15) is 0 Å². The number of anilines is 1. The maximum Gasteiger partial charge on any atom is 0.211 e. The lowest BCUT2D eigenvalue weighted by Gasteiger charge is -2.42. The Balaban J connectivity index is 1.90. The van der Waals surface area contributed by atoms with E-state index in [-0.39, 0.29) is 6.10 Å². The van der Waals surface area contributed by atoms with Crippen molar-refractivity contribution in [2.45, 2.75) is 51.7 Å². The normalized spacial score (nSPS) is 20.0. The fraction of sp³-hybridized carbons (Fsp3) is 0.611. The molecule has 0 aliphatic heterocycles. The van der Waals surface area contributed by atoms with Gasteiger partial charge >= 0.3 is 0 Å². The van der Waals surface area contributed by atoms with Crippen LogP contribution in [0.3, 0.4) is 0 Å². The molecule has 1 saturated carbocycles. The molecule has 1 aliphatic rings. The molecule has 0 unspecified atom stereocenters. The topological polar surface area (TPSA) is 50.8 Å². The summed E-state index contributed by atoms with van der Waals surface area (Å²) in [5.74, 6) is 1.39. The van der Waals surface area contributed by atoms with Crippen LogP contribution in [0.2, 0.25) is 0 Å². The van der Waals surface area contributed by atoms with E-state index in [0.29, 0.717) is 23.9 Å². The minimum absolute atomic E-state index is 0.245. The van der Waals surface area contributed by atoms with E-state index in [1.807, 2.05) is 12.1 Å². The van der Waals surface area contributed by atoms with Crippen molar-refractivity contribution in [3.8, 4) is 11.5 Å². The number of nitrogens with one attached hydrogen (secondary N) is 1. The van der Waals surface area contributed by atoms with E-state index in [4.69, 9.17) is 9.47 Å². The Hall–Kier alpha value is -1.75.